The molecule has 1 aliphatic rings. The van der Waals surface area contributed by atoms with Crippen molar-refractivity contribution in [3.63, 3.8) is 0 Å². The number of nitrogens with one attached hydrogen (secondary N) is 1. The molecule has 22 heavy (non-hydrogen) atoms. The van der Waals surface area contributed by atoms with Gasteiger partial charge in [0.05, 0.1) is 0 Å². The summed E-state index contributed by atoms with van der Waals surface area (Å²) in [4.78, 5) is 18.3. The molecule has 0 bridgehead atoms. The number of aryl methyl sites for hydroxylation is 1. The first-order chi connectivity index (χ1) is 10.4. The molecule has 0 unspecified atom stereocenters. The van der Waals surface area contributed by atoms with Crippen molar-refractivity contribution in [3.8, 4) is 5.75 Å². The Morgan fingerprint density at radius 3 is 2.59 bits per heavy atom. The molecular weight excluding hydrogens is 310 g/mol. The van der Waals surface area contributed by atoms with Crippen molar-refractivity contribution >= 4 is 21.3 Å². The maximum absolute atomic E-state index is 12.1. The second kappa shape index (κ2) is 5.71. The van der Waals surface area contributed by atoms with Gasteiger partial charge >= 0.3 is 15.9 Å². The molecule has 1 heterocycles. The molecule has 118 valence electrons. The van der Waals surface area contributed by atoms with E-state index in [0.29, 0.717) is 5.58 Å². The number of hydrogen-bond donors (Lipinski definition) is 2. The van der Waals surface area contributed by atoms with E-state index in [-0.39, 0.29) is 11.4 Å². The summed E-state index contributed by atoms with van der Waals surface area (Å²) in [7, 11) is -4.47. The second-order valence-electron chi connectivity index (χ2n) is 5.23. The topological polar surface area (TPSA) is 106 Å². The van der Waals surface area contributed by atoms with Crippen molar-refractivity contribution in [2.45, 2.75) is 32.1 Å². The van der Waals surface area contributed by atoms with Crippen LogP contribution < -0.4 is 15.3 Å². The van der Waals surface area contributed by atoms with E-state index in [4.69, 9.17) is 13.8 Å². The highest BCUT2D eigenvalue weighted by Crippen LogP contribution is 2.28. The van der Waals surface area contributed by atoms with Crippen LogP contribution in [0.25, 0.3) is 11.0 Å². The summed E-state index contributed by atoms with van der Waals surface area (Å²) < 4.78 is 35.1. The van der Waals surface area contributed by atoms with Crippen LogP contribution in [0.5, 0.6) is 5.75 Å². The van der Waals surface area contributed by atoms with Crippen LogP contribution in [-0.4, -0.2) is 13.0 Å². The molecular formula is C14H15NO6S. The van der Waals surface area contributed by atoms with Gasteiger partial charge in [-0.3, -0.25) is 4.55 Å². The van der Waals surface area contributed by atoms with Crippen LogP contribution in [0.2, 0.25) is 0 Å². The first-order valence-corrected chi connectivity index (χ1v) is 8.38. The molecule has 0 amide bonds. The van der Waals surface area contributed by atoms with Gasteiger partial charge in [0.15, 0.2) is 5.75 Å². The van der Waals surface area contributed by atoms with Crippen LogP contribution in [-0.2, 0) is 23.1 Å². The van der Waals surface area contributed by atoms with Gasteiger partial charge in [-0.15, -0.1) is 0 Å². The Hall–Kier alpha value is -1.90. The third kappa shape index (κ3) is 3.13. The summed E-state index contributed by atoms with van der Waals surface area (Å²) in [5.41, 5.74) is 1.71. The van der Waals surface area contributed by atoms with Crippen LogP contribution in [0.4, 0.5) is 0 Å². The molecule has 8 heteroatoms. The third-order valence-corrected chi connectivity index (χ3v) is 4.00. The highest BCUT2D eigenvalue weighted by Gasteiger charge is 2.17. The SMILES string of the molecule is O=c1oc2cc(ONS(=O)(=O)O)ccc2c2c1CCCCC2. The molecule has 0 aliphatic heterocycles. The van der Waals surface area contributed by atoms with Crippen LogP contribution in [0.15, 0.2) is 27.4 Å². The Balaban J connectivity index is 2.05. The fourth-order valence-electron chi connectivity index (χ4n) is 2.77. The van der Waals surface area contributed by atoms with Gasteiger partial charge in [-0.1, -0.05) is 6.42 Å². The molecule has 7 nitrogen and oxygen atoms in total. The quantitative estimate of drug-likeness (QED) is 0.385. The minimum absolute atomic E-state index is 0.113. The smallest absolute Gasteiger partial charge is 0.364 e. The molecule has 0 spiro atoms. The van der Waals surface area contributed by atoms with Gasteiger partial charge in [-0.2, -0.15) is 8.42 Å². The molecule has 3 rings (SSSR count). The Morgan fingerprint density at radius 2 is 1.86 bits per heavy atom. The van der Waals surface area contributed by atoms with E-state index >= 15 is 0 Å². The minimum Gasteiger partial charge on any atom is -0.422 e. The number of hydrogen-bond acceptors (Lipinski definition) is 5. The van der Waals surface area contributed by atoms with Crippen molar-refractivity contribution < 1.29 is 22.2 Å². The fraction of sp³-hybridized carbons (Fsp3) is 0.357. The molecule has 0 saturated carbocycles. The number of benzene rings is 1. The van der Waals surface area contributed by atoms with Crippen molar-refractivity contribution in [1.82, 2.24) is 4.89 Å². The predicted molar refractivity (Wildman–Crippen MR) is 79.1 cm³/mol. The van der Waals surface area contributed by atoms with Crippen LogP contribution in [0.3, 0.4) is 0 Å². The molecule has 1 aromatic heterocycles. The summed E-state index contributed by atoms with van der Waals surface area (Å²) in [5, 5.41) is 0.829. The van der Waals surface area contributed by atoms with Gasteiger partial charge in [0.2, 0.25) is 0 Å². The maximum Gasteiger partial charge on any atom is 0.364 e. The van der Waals surface area contributed by atoms with E-state index in [1.165, 1.54) is 11.0 Å². The lowest BCUT2D eigenvalue weighted by molar-refractivity contribution is 0.251. The average molecular weight is 325 g/mol. The second-order valence-corrected chi connectivity index (χ2v) is 6.34. The van der Waals surface area contributed by atoms with E-state index in [1.54, 1.807) is 12.1 Å². The summed E-state index contributed by atoms with van der Waals surface area (Å²) in [5.74, 6) is 0.113. The van der Waals surface area contributed by atoms with Crippen molar-refractivity contribution in [2.75, 3.05) is 0 Å². The minimum atomic E-state index is -4.47. The monoisotopic (exact) mass is 325 g/mol. The van der Waals surface area contributed by atoms with E-state index in [2.05, 4.69) is 0 Å². The average Bonchev–Trinajstić information content (AvgIpc) is 2.70. The van der Waals surface area contributed by atoms with Crippen molar-refractivity contribution in [1.29, 1.82) is 0 Å². The zero-order valence-corrected chi connectivity index (χ0v) is 12.5. The third-order valence-electron chi connectivity index (χ3n) is 3.71. The van der Waals surface area contributed by atoms with Gasteiger partial charge in [0, 0.05) is 17.0 Å². The molecule has 1 aliphatic carbocycles. The Kier molecular flexibility index (Phi) is 3.90. The summed E-state index contributed by atoms with van der Waals surface area (Å²) in [6, 6.07) is 4.69. The van der Waals surface area contributed by atoms with Gasteiger partial charge in [-0.25, -0.2) is 4.79 Å². The molecule has 2 aromatic rings. The largest absolute Gasteiger partial charge is 0.422 e. The lowest BCUT2D eigenvalue weighted by Gasteiger charge is -2.10. The highest BCUT2D eigenvalue weighted by molar-refractivity contribution is 7.83. The lowest BCUT2D eigenvalue weighted by atomic mass is 10.0. The summed E-state index contributed by atoms with van der Waals surface area (Å²) in [6.45, 7) is 0. The lowest BCUT2D eigenvalue weighted by Crippen LogP contribution is -2.26. The van der Waals surface area contributed by atoms with Crippen LogP contribution in [0.1, 0.15) is 30.4 Å². The Morgan fingerprint density at radius 1 is 1.14 bits per heavy atom. The van der Waals surface area contributed by atoms with Crippen LogP contribution in [0, 0.1) is 0 Å². The Bertz CT molecular complexity index is 871. The zero-order valence-electron chi connectivity index (χ0n) is 11.7. The van der Waals surface area contributed by atoms with Crippen molar-refractivity contribution in [2.24, 2.45) is 0 Å². The highest BCUT2D eigenvalue weighted by atomic mass is 32.2. The fourth-order valence-corrected chi connectivity index (χ4v) is 2.97. The first-order valence-electron chi connectivity index (χ1n) is 6.94. The Labute approximate surface area is 126 Å². The number of rotatable bonds is 3. The molecule has 2 N–H and O–H groups in total. The molecule has 0 fully saturated rings. The van der Waals surface area contributed by atoms with Crippen molar-refractivity contribution in [3.05, 3.63) is 39.7 Å². The standard InChI is InChI=1S/C14H15NO6S/c16-14-12-5-3-1-2-4-10(12)11-7-6-9(8-13(11)20-14)21-15-22(17,18)19/h6-8,15H,1-5H2,(H,17,18,19). The summed E-state index contributed by atoms with van der Waals surface area (Å²) >= 11 is 0. The first kappa shape index (κ1) is 15.0. The number of fused-ring (bicyclic) bond motifs is 3. The predicted octanol–water partition coefficient (Wildman–Crippen LogP) is 1.75. The molecule has 1 aromatic carbocycles. The zero-order chi connectivity index (χ0) is 15.7. The molecule has 0 atom stereocenters. The van der Waals surface area contributed by atoms with E-state index in [1.807, 2.05) is 0 Å². The van der Waals surface area contributed by atoms with Crippen LogP contribution >= 0.6 is 0 Å². The van der Waals surface area contributed by atoms with E-state index in [9.17, 15) is 13.2 Å². The maximum atomic E-state index is 12.1. The van der Waals surface area contributed by atoms with Gasteiger partial charge in [0.1, 0.15) is 5.58 Å². The van der Waals surface area contributed by atoms with Gasteiger partial charge in [0.25, 0.3) is 0 Å². The molecule has 0 saturated heterocycles. The molecule has 0 radical (unpaired) electrons. The van der Waals surface area contributed by atoms with Gasteiger partial charge in [-0.05, 0) is 48.3 Å². The normalized spacial score (nSPS) is 15.3. The summed E-state index contributed by atoms with van der Waals surface area (Å²) in [6.07, 6.45) is 4.61. The van der Waals surface area contributed by atoms with Gasteiger partial charge < -0.3 is 9.25 Å². The van der Waals surface area contributed by atoms with E-state index in [0.717, 1.165) is 48.6 Å². The van der Waals surface area contributed by atoms with E-state index < -0.39 is 10.3 Å².